The van der Waals surface area contributed by atoms with E-state index >= 15 is 0 Å². The molecule has 1 spiro atoms. The minimum Gasteiger partial charge on any atom is -0.497 e. The molecule has 3 fully saturated rings. The first-order chi connectivity index (χ1) is 12.6. The third-order valence-electron chi connectivity index (χ3n) is 6.83. The standard InChI is InChI=1S/C21H30N2O2S/c1-25-17-10-8-16(9-11-17)15-23-19(26)22-20(12-4-2-5-13-20)18-7-3-6-14-21(18,23)24/h8-11,18,24H,2-7,12-15H2,1H3,(H,22,26)/t18-,21-/m1/s1. The van der Waals surface area contributed by atoms with Gasteiger partial charge in [-0.1, -0.05) is 37.8 Å². The van der Waals surface area contributed by atoms with Crippen LogP contribution in [-0.2, 0) is 6.54 Å². The van der Waals surface area contributed by atoms with E-state index in [9.17, 15) is 5.11 Å². The van der Waals surface area contributed by atoms with Crippen molar-refractivity contribution in [3.05, 3.63) is 29.8 Å². The van der Waals surface area contributed by atoms with Crippen LogP contribution in [0.15, 0.2) is 24.3 Å². The lowest BCUT2D eigenvalue weighted by molar-refractivity contribution is -0.184. The topological polar surface area (TPSA) is 44.7 Å². The lowest BCUT2D eigenvalue weighted by Crippen LogP contribution is -2.75. The Morgan fingerprint density at radius 3 is 2.50 bits per heavy atom. The van der Waals surface area contributed by atoms with Crippen molar-refractivity contribution in [3.8, 4) is 5.75 Å². The fourth-order valence-electron chi connectivity index (χ4n) is 5.50. The van der Waals surface area contributed by atoms with Gasteiger partial charge in [0.05, 0.1) is 7.11 Å². The third-order valence-corrected chi connectivity index (χ3v) is 7.15. The van der Waals surface area contributed by atoms with Gasteiger partial charge in [-0.3, -0.25) is 0 Å². The van der Waals surface area contributed by atoms with Crippen molar-refractivity contribution in [1.29, 1.82) is 0 Å². The van der Waals surface area contributed by atoms with Gasteiger partial charge in [-0.25, -0.2) is 0 Å². The largest absolute Gasteiger partial charge is 0.497 e. The van der Waals surface area contributed by atoms with Crippen molar-refractivity contribution < 1.29 is 9.84 Å². The lowest BCUT2D eigenvalue weighted by atomic mass is 9.62. The van der Waals surface area contributed by atoms with Gasteiger partial charge in [0.1, 0.15) is 11.5 Å². The Kier molecular flexibility index (Phi) is 4.86. The fourth-order valence-corrected chi connectivity index (χ4v) is 5.93. The van der Waals surface area contributed by atoms with Gasteiger partial charge in [0.15, 0.2) is 5.11 Å². The van der Waals surface area contributed by atoms with E-state index in [0.29, 0.717) is 6.54 Å². The Labute approximate surface area is 161 Å². The van der Waals surface area contributed by atoms with Gasteiger partial charge in [0.2, 0.25) is 0 Å². The molecule has 4 rings (SSSR count). The Morgan fingerprint density at radius 2 is 1.81 bits per heavy atom. The van der Waals surface area contributed by atoms with Crippen molar-refractivity contribution in [3.63, 3.8) is 0 Å². The van der Waals surface area contributed by atoms with Gasteiger partial charge in [0.25, 0.3) is 0 Å². The fraction of sp³-hybridized carbons (Fsp3) is 0.667. The first-order valence-corrected chi connectivity index (χ1v) is 10.4. The van der Waals surface area contributed by atoms with E-state index in [0.717, 1.165) is 48.5 Å². The molecule has 5 heteroatoms. The summed E-state index contributed by atoms with van der Waals surface area (Å²) in [6, 6.07) is 8.07. The molecule has 4 nitrogen and oxygen atoms in total. The third kappa shape index (κ3) is 2.99. The normalized spacial score (nSPS) is 30.6. The number of fused-ring (bicyclic) bond motifs is 2. The van der Waals surface area contributed by atoms with Crippen LogP contribution in [0.3, 0.4) is 0 Å². The Morgan fingerprint density at radius 1 is 1.12 bits per heavy atom. The van der Waals surface area contributed by atoms with Gasteiger partial charge in [0, 0.05) is 18.0 Å². The monoisotopic (exact) mass is 374 g/mol. The van der Waals surface area contributed by atoms with E-state index in [1.807, 2.05) is 12.1 Å². The number of hydrogen-bond acceptors (Lipinski definition) is 3. The highest BCUT2D eigenvalue weighted by molar-refractivity contribution is 7.80. The van der Waals surface area contributed by atoms with Crippen molar-refractivity contribution in [1.82, 2.24) is 10.2 Å². The molecule has 2 N–H and O–H groups in total. The second kappa shape index (κ2) is 7.01. The summed E-state index contributed by atoms with van der Waals surface area (Å²) < 4.78 is 5.26. The molecule has 142 valence electrons. The number of rotatable bonds is 3. The van der Waals surface area contributed by atoms with Crippen LogP contribution in [0.25, 0.3) is 0 Å². The van der Waals surface area contributed by atoms with Crippen molar-refractivity contribution in [2.75, 3.05) is 7.11 Å². The molecule has 0 radical (unpaired) electrons. The van der Waals surface area contributed by atoms with E-state index in [2.05, 4.69) is 22.3 Å². The van der Waals surface area contributed by atoms with E-state index in [1.165, 1.54) is 25.7 Å². The minimum absolute atomic E-state index is 0.000904. The number of benzene rings is 1. The molecule has 2 saturated carbocycles. The van der Waals surface area contributed by atoms with E-state index in [1.54, 1.807) is 7.11 Å². The molecule has 2 aliphatic carbocycles. The highest BCUT2D eigenvalue weighted by Gasteiger charge is 2.58. The average Bonchev–Trinajstić information content (AvgIpc) is 2.66. The van der Waals surface area contributed by atoms with Crippen LogP contribution >= 0.6 is 12.2 Å². The first kappa shape index (κ1) is 18.1. The maximum atomic E-state index is 11.9. The average molecular weight is 375 g/mol. The van der Waals surface area contributed by atoms with Gasteiger partial charge < -0.3 is 20.1 Å². The number of methoxy groups -OCH3 is 1. The highest BCUT2D eigenvalue weighted by Crippen LogP contribution is 2.50. The van der Waals surface area contributed by atoms with Gasteiger partial charge in [-0.05, 0) is 62.0 Å². The van der Waals surface area contributed by atoms with Crippen LogP contribution in [0.5, 0.6) is 5.75 Å². The van der Waals surface area contributed by atoms with Crippen LogP contribution in [-0.4, -0.2) is 33.5 Å². The van der Waals surface area contributed by atoms with Gasteiger partial charge in [-0.2, -0.15) is 0 Å². The number of nitrogens with one attached hydrogen (secondary N) is 1. The summed E-state index contributed by atoms with van der Waals surface area (Å²) in [6.07, 6.45) is 10.2. The molecule has 3 aliphatic rings. The number of ether oxygens (including phenoxy) is 1. The van der Waals surface area contributed by atoms with E-state index in [4.69, 9.17) is 17.0 Å². The molecule has 1 saturated heterocycles. The Bertz CT molecular complexity index is 656. The molecule has 26 heavy (non-hydrogen) atoms. The molecule has 0 aromatic heterocycles. The maximum Gasteiger partial charge on any atom is 0.171 e. The molecule has 1 aliphatic heterocycles. The summed E-state index contributed by atoms with van der Waals surface area (Å²) in [5.41, 5.74) is 0.325. The van der Waals surface area contributed by atoms with Crippen LogP contribution < -0.4 is 10.1 Å². The van der Waals surface area contributed by atoms with Crippen molar-refractivity contribution >= 4 is 17.3 Å². The summed E-state index contributed by atoms with van der Waals surface area (Å²) in [7, 11) is 1.68. The molecule has 1 aromatic rings. The minimum atomic E-state index is -0.822. The van der Waals surface area contributed by atoms with Crippen molar-refractivity contribution in [2.24, 2.45) is 5.92 Å². The molecule has 1 heterocycles. The van der Waals surface area contributed by atoms with Crippen LogP contribution in [0.2, 0.25) is 0 Å². The summed E-state index contributed by atoms with van der Waals surface area (Å²) in [5, 5.41) is 16.3. The zero-order chi connectivity index (χ0) is 18.2. The second-order valence-electron chi connectivity index (χ2n) is 8.26. The predicted molar refractivity (Wildman–Crippen MR) is 107 cm³/mol. The van der Waals surface area contributed by atoms with Crippen molar-refractivity contribution in [2.45, 2.75) is 75.6 Å². The number of hydrogen-bond donors (Lipinski definition) is 2. The van der Waals surface area contributed by atoms with Gasteiger partial charge in [-0.15, -0.1) is 0 Å². The number of nitrogens with zero attached hydrogens (tertiary/aromatic N) is 1. The summed E-state index contributed by atoms with van der Waals surface area (Å²) >= 11 is 5.80. The summed E-state index contributed by atoms with van der Waals surface area (Å²) in [6.45, 7) is 0.638. The SMILES string of the molecule is COc1ccc(CN2C(=S)NC3(CCCCC3)[C@H]3CCCC[C@@]32O)cc1. The number of aliphatic hydroxyl groups is 1. The molecule has 1 aromatic carbocycles. The quantitative estimate of drug-likeness (QED) is 0.784. The Balaban J connectivity index is 1.63. The summed E-state index contributed by atoms with van der Waals surface area (Å²) in [4.78, 5) is 2.06. The zero-order valence-corrected chi connectivity index (χ0v) is 16.5. The van der Waals surface area contributed by atoms with Gasteiger partial charge >= 0.3 is 0 Å². The Hall–Kier alpha value is -1.33. The maximum absolute atomic E-state index is 11.9. The smallest absolute Gasteiger partial charge is 0.171 e. The molecule has 2 atom stereocenters. The van der Waals surface area contributed by atoms with Crippen LogP contribution in [0, 0.1) is 5.92 Å². The van der Waals surface area contributed by atoms with E-state index < -0.39 is 5.72 Å². The van der Waals surface area contributed by atoms with E-state index in [-0.39, 0.29) is 11.5 Å². The molecular weight excluding hydrogens is 344 g/mol. The molecule has 0 unspecified atom stereocenters. The van der Waals surface area contributed by atoms with Crippen LogP contribution in [0.1, 0.15) is 63.4 Å². The molecule has 0 amide bonds. The summed E-state index contributed by atoms with van der Waals surface area (Å²) in [5.74, 6) is 1.11. The predicted octanol–water partition coefficient (Wildman–Crippen LogP) is 3.97. The van der Waals surface area contributed by atoms with Crippen LogP contribution in [0.4, 0.5) is 0 Å². The molecule has 0 bridgehead atoms. The second-order valence-corrected chi connectivity index (χ2v) is 8.64. The highest BCUT2D eigenvalue weighted by atomic mass is 32.1. The molecular formula is C21H30N2O2S. The lowest BCUT2D eigenvalue weighted by Gasteiger charge is -2.61. The number of thiocarbonyl (C=S) groups is 1. The zero-order valence-electron chi connectivity index (χ0n) is 15.7. The first-order valence-electron chi connectivity index (χ1n) is 10.0.